The van der Waals surface area contributed by atoms with Gasteiger partial charge in [0.1, 0.15) is 16.5 Å². The Balaban J connectivity index is 2.42. The molecular formula is C13H11ClF3N3O. The van der Waals surface area contributed by atoms with Crippen molar-refractivity contribution in [3.63, 3.8) is 0 Å². The lowest BCUT2D eigenvalue weighted by Crippen LogP contribution is -2.12. The number of nitrogens with zero attached hydrogens (tertiary/aromatic N) is 3. The molecule has 0 atom stereocenters. The molecule has 2 aromatic heterocycles. The van der Waals surface area contributed by atoms with E-state index in [1.165, 1.54) is 4.68 Å². The average Bonchev–Trinajstić information content (AvgIpc) is 2.78. The highest BCUT2D eigenvalue weighted by Crippen LogP contribution is 2.30. The zero-order chi connectivity index (χ0) is 15.8. The van der Waals surface area contributed by atoms with Gasteiger partial charge in [-0.1, -0.05) is 18.5 Å². The van der Waals surface area contributed by atoms with Gasteiger partial charge in [0.2, 0.25) is 5.78 Å². The molecule has 0 saturated carbocycles. The van der Waals surface area contributed by atoms with E-state index in [0.717, 1.165) is 12.1 Å². The van der Waals surface area contributed by atoms with Crippen LogP contribution in [0.3, 0.4) is 0 Å². The molecule has 2 heterocycles. The number of pyridine rings is 1. The van der Waals surface area contributed by atoms with Gasteiger partial charge in [-0.05, 0) is 24.6 Å². The van der Waals surface area contributed by atoms with E-state index in [4.69, 9.17) is 11.6 Å². The molecule has 112 valence electrons. The quantitative estimate of drug-likeness (QED) is 0.645. The predicted molar refractivity (Wildman–Crippen MR) is 70.3 cm³/mol. The maximum atomic E-state index is 12.5. The standard InChI is InChI=1S/C13H11ClF3N3O/c1-3-7-6-9(20(2)19-7)11(21)8-4-5-10(13(15,16)17)18-12(8)14/h4-6H,3H2,1-2H3. The number of rotatable bonds is 3. The molecule has 0 N–H and O–H groups in total. The predicted octanol–water partition coefficient (Wildman–Crippen LogP) is 3.28. The number of aromatic nitrogens is 3. The van der Waals surface area contributed by atoms with Gasteiger partial charge in [-0.3, -0.25) is 9.48 Å². The summed E-state index contributed by atoms with van der Waals surface area (Å²) in [6, 6.07) is 3.34. The van der Waals surface area contributed by atoms with Gasteiger partial charge in [0.25, 0.3) is 0 Å². The minimum atomic E-state index is -4.60. The first-order chi connectivity index (χ1) is 9.74. The van der Waals surface area contributed by atoms with Crippen LogP contribution in [-0.4, -0.2) is 20.5 Å². The first kappa shape index (κ1) is 15.5. The van der Waals surface area contributed by atoms with Crippen LogP contribution >= 0.6 is 11.6 Å². The number of alkyl halides is 3. The highest BCUT2D eigenvalue weighted by molar-refractivity contribution is 6.33. The van der Waals surface area contributed by atoms with Gasteiger partial charge in [-0.15, -0.1) is 0 Å². The van der Waals surface area contributed by atoms with Crippen LogP contribution in [0.1, 0.15) is 34.4 Å². The summed E-state index contributed by atoms with van der Waals surface area (Å²) >= 11 is 5.71. The second kappa shape index (κ2) is 5.48. The van der Waals surface area contributed by atoms with Crippen molar-refractivity contribution in [1.29, 1.82) is 0 Å². The highest BCUT2D eigenvalue weighted by Gasteiger charge is 2.33. The molecule has 0 aliphatic carbocycles. The molecule has 2 aromatic rings. The van der Waals surface area contributed by atoms with E-state index in [1.807, 2.05) is 6.92 Å². The van der Waals surface area contributed by atoms with Crippen molar-refractivity contribution >= 4 is 17.4 Å². The fourth-order valence-electron chi connectivity index (χ4n) is 1.81. The van der Waals surface area contributed by atoms with Gasteiger partial charge in [0.15, 0.2) is 0 Å². The molecule has 2 rings (SSSR count). The van der Waals surface area contributed by atoms with Gasteiger partial charge >= 0.3 is 6.18 Å². The summed E-state index contributed by atoms with van der Waals surface area (Å²) in [5.41, 5.74) is -0.272. The van der Waals surface area contributed by atoms with Gasteiger partial charge in [-0.2, -0.15) is 18.3 Å². The maximum absolute atomic E-state index is 12.5. The van der Waals surface area contributed by atoms with Crippen LogP contribution in [0.5, 0.6) is 0 Å². The van der Waals surface area contributed by atoms with Crippen LogP contribution in [0.4, 0.5) is 13.2 Å². The van der Waals surface area contributed by atoms with E-state index in [9.17, 15) is 18.0 Å². The van der Waals surface area contributed by atoms with E-state index < -0.39 is 22.8 Å². The number of hydrogen-bond acceptors (Lipinski definition) is 3. The summed E-state index contributed by atoms with van der Waals surface area (Å²) in [4.78, 5) is 15.5. The van der Waals surface area contributed by atoms with Gasteiger partial charge in [0.05, 0.1) is 11.3 Å². The van der Waals surface area contributed by atoms with Crippen LogP contribution in [0.15, 0.2) is 18.2 Å². The third kappa shape index (κ3) is 3.07. The molecule has 0 fully saturated rings. The van der Waals surface area contributed by atoms with Crippen LogP contribution in [-0.2, 0) is 19.6 Å². The Morgan fingerprint density at radius 3 is 2.52 bits per heavy atom. The lowest BCUT2D eigenvalue weighted by Gasteiger charge is -2.08. The zero-order valence-electron chi connectivity index (χ0n) is 11.2. The van der Waals surface area contributed by atoms with E-state index in [0.29, 0.717) is 12.1 Å². The number of ketones is 1. The van der Waals surface area contributed by atoms with Crippen molar-refractivity contribution in [2.24, 2.45) is 7.05 Å². The van der Waals surface area contributed by atoms with Crippen LogP contribution in [0.2, 0.25) is 5.15 Å². The molecule has 4 nitrogen and oxygen atoms in total. The normalized spacial score (nSPS) is 11.7. The van der Waals surface area contributed by atoms with Crippen molar-refractivity contribution < 1.29 is 18.0 Å². The maximum Gasteiger partial charge on any atom is 0.433 e. The van der Waals surface area contributed by atoms with Crippen LogP contribution in [0, 0.1) is 0 Å². The summed E-state index contributed by atoms with van der Waals surface area (Å²) in [6.45, 7) is 1.88. The summed E-state index contributed by atoms with van der Waals surface area (Å²) in [5.74, 6) is -0.518. The lowest BCUT2D eigenvalue weighted by atomic mass is 10.1. The number of aryl methyl sites for hydroxylation is 2. The molecule has 0 aliphatic rings. The van der Waals surface area contributed by atoms with Gasteiger partial charge in [0, 0.05) is 7.05 Å². The molecule has 0 saturated heterocycles. The summed E-state index contributed by atoms with van der Waals surface area (Å²) < 4.78 is 38.9. The minimum Gasteiger partial charge on any atom is -0.287 e. The fourth-order valence-corrected chi connectivity index (χ4v) is 2.05. The molecule has 0 aliphatic heterocycles. The Morgan fingerprint density at radius 2 is 2.05 bits per heavy atom. The van der Waals surface area contributed by atoms with E-state index in [1.54, 1.807) is 13.1 Å². The largest absolute Gasteiger partial charge is 0.433 e. The average molecular weight is 318 g/mol. The fraction of sp³-hybridized carbons (Fsp3) is 0.308. The second-order valence-corrected chi connectivity index (χ2v) is 4.72. The second-order valence-electron chi connectivity index (χ2n) is 4.36. The van der Waals surface area contributed by atoms with E-state index in [-0.39, 0.29) is 11.3 Å². The molecule has 0 spiro atoms. The molecule has 0 bridgehead atoms. The highest BCUT2D eigenvalue weighted by atomic mass is 35.5. The van der Waals surface area contributed by atoms with Crippen molar-refractivity contribution in [1.82, 2.24) is 14.8 Å². The van der Waals surface area contributed by atoms with E-state index >= 15 is 0 Å². The molecule has 0 amide bonds. The molecule has 8 heteroatoms. The smallest absolute Gasteiger partial charge is 0.287 e. The molecule has 0 aromatic carbocycles. The molecule has 0 unspecified atom stereocenters. The third-order valence-electron chi connectivity index (χ3n) is 2.91. The molecule has 21 heavy (non-hydrogen) atoms. The first-order valence-electron chi connectivity index (χ1n) is 6.05. The lowest BCUT2D eigenvalue weighted by molar-refractivity contribution is -0.141. The van der Waals surface area contributed by atoms with Crippen molar-refractivity contribution in [2.45, 2.75) is 19.5 Å². The van der Waals surface area contributed by atoms with Crippen molar-refractivity contribution in [3.05, 3.63) is 46.0 Å². The number of carbonyl (C=O) groups is 1. The SMILES string of the molecule is CCc1cc(C(=O)c2ccc(C(F)(F)F)nc2Cl)n(C)n1. The number of halogens is 4. The Morgan fingerprint density at radius 1 is 1.38 bits per heavy atom. The van der Waals surface area contributed by atoms with Gasteiger partial charge < -0.3 is 0 Å². The minimum absolute atomic E-state index is 0.0877. The number of carbonyl (C=O) groups excluding carboxylic acids is 1. The van der Waals surface area contributed by atoms with Crippen LogP contribution in [0.25, 0.3) is 0 Å². The van der Waals surface area contributed by atoms with E-state index in [2.05, 4.69) is 10.1 Å². The summed E-state index contributed by atoms with van der Waals surface area (Å²) in [7, 11) is 1.58. The first-order valence-corrected chi connectivity index (χ1v) is 6.43. The topological polar surface area (TPSA) is 47.8 Å². The Labute approximate surface area is 123 Å². The zero-order valence-corrected chi connectivity index (χ0v) is 12.0. The van der Waals surface area contributed by atoms with Crippen molar-refractivity contribution in [3.8, 4) is 0 Å². The van der Waals surface area contributed by atoms with Crippen molar-refractivity contribution in [2.75, 3.05) is 0 Å². The van der Waals surface area contributed by atoms with Gasteiger partial charge in [-0.25, -0.2) is 4.98 Å². The number of hydrogen-bond donors (Lipinski definition) is 0. The summed E-state index contributed by atoms with van der Waals surface area (Å²) in [6.07, 6.45) is -3.97. The molecule has 0 radical (unpaired) electrons. The summed E-state index contributed by atoms with van der Waals surface area (Å²) in [5, 5.41) is 3.64. The monoisotopic (exact) mass is 317 g/mol. The third-order valence-corrected chi connectivity index (χ3v) is 3.20. The van der Waals surface area contributed by atoms with Crippen LogP contribution < -0.4 is 0 Å². The Hall–Kier alpha value is -1.89. The molecular weight excluding hydrogens is 307 g/mol. The Kier molecular flexibility index (Phi) is 4.04. The Bertz CT molecular complexity index is 694.